The van der Waals surface area contributed by atoms with Gasteiger partial charge in [-0.05, 0) is 46.0 Å². The molecular weight excluding hydrogens is 266 g/mol. The minimum Gasteiger partial charge on any atom is -0.339 e. The number of amides is 1. The molecule has 21 heavy (non-hydrogen) atoms. The van der Waals surface area contributed by atoms with Crippen molar-refractivity contribution in [2.75, 3.05) is 13.1 Å². The van der Waals surface area contributed by atoms with Gasteiger partial charge in [0.25, 0.3) is 0 Å². The Hall–Kier alpha value is -1.90. The molecule has 6 heteroatoms. The fraction of sp³-hybridized carbons (Fsp3) is 0.733. The summed E-state index contributed by atoms with van der Waals surface area (Å²) in [6.45, 7) is 5.23. The Morgan fingerprint density at radius 1 is 1.38 bits per heavy atom. The number of hydrogen-bond acceptors (Lipinski definition) is 4. The molecule has 0 bridgehead atoms. The number of likely N-dealkylation sites (tertiary alicyclic amines) is 1. The van der Waals surface area contributed by atoms with Crippen molar-refractivity contribution in [2.45, 2.75) is 52.0 Å². The highest BCUT2D eigenvalue weighted by atomic mass is 16.2. The van der Waals surface area contributed by atoms with Crippen molar-refractivity contribution in [1.29, 1.82) is 5.26 Å². The lowest BCUT2D eigenvalue weighted by atomic mass is 9.69. The zero-order valence-electron chi connectivity index (χ0n) is 12.7. The van der Waals surface area contributed by atoms with Crippen LogP contribution in [0.3, 0.4) is 0 Å². The van der Waals surface area contributed by atoms with E-state index in [1.54, 1.807) is 0 Å². The summed E-state index contributed by atoms with van der Waals surface area (Å²) in [5.41, 5.74) is -0.741. The fourth-order valence-corrected chi connectivity index (χ4v) is 3.43. The molecule has 1 aromatic rings. The van der Waals surface area contributed by atoms with Gasteiger partial charge in [-0.3, -0.25) is 4.79 Å². The van der Waals surface area contributed by atoms with Crippen LogP contribution in [0.2, 0.25) is 0 Å². The number of rotatable bonds is 2. The molecule has 1 aliphatic carbocycles. The van der Waals surface area contributed by atoms with Crippen LogP contribution in [0.25, 0.3) is 0 Å². The molecule has 0 radical (unpaired) electrons. The van der Waals surface area contributed by atoms with Crippen LogP contribution < -0.4 is 0 Å². The van der Waals surface area contributed by atoms with Gasteiger partial charge in [-0.1, -0.05) is 0 Å². The Kier molecular flexibility index (Phi) is 3.44. The van der Waals surface area contributed by atoms with Crippen LogP contribution in [0.5, 0.6) is 0 Å². The second-order valence-corrected chi connectivity index (χ2v) is 6.25. The lowest BCUT2D eigenvalue weighted by molar-refractivity contribution is -0.144. The topological polar surface area (TPSA) is 74.8 Å². The molecule has 3 rings (SSSR count). The van der Waals surface area contributed by atoms with E-state index < -0.39 is 5.41 Å². The summed E-state index contributed by atoms with van der Waals surface area (Å²) in [7, 11) is 0. The van der Waals surface area contributed by atoms with Crippen molar-refractivity contribution in [3.63, 3.8) is 0 Å². The van der Waals surface area contributed by atoms with Crippen molar-refractivity contribution in [2.24, 2.45) is 5.41 Å². The smallest absolute Gasteiger partial charge is 0.243 e. The highest BCUT2D eigenvalue weighted by Gasteiger charge is 2.47. The van der Waals surface area contributed by atoms with Crippen molar-refractivity contribution >= 4 is 5.91 Å². The number of nitriles is 1. The van der Waals surface area contributed by atoms with Gasteiger partial charge in [0.2, 0.25) is 5.91 Å². The molecule has 0 aromatic carbocycles. The Labute approximate surface area is 124 Å². The maximum Gasteiger partial charge on any atom is 0.243 e. The minimum atomic E-state index is -0.741. The average Bonchev–Trinajstić information content (AvgIpc) is 2.77. The lowest BCUT2D eigenvalue weighted by Gasteiger charge is -2.41. The molecular formula is C15H21N5O. The van der Waals surface area contributed by atoms with Crippen molar-refractivity contribution in [3.05, 3.63) is 11.6 Å². The molecule has 0 N–H and O–H groups in total. The number of aryl methyl sites for hydroxylation is 2. The predicted molar refractivity (Wildman–Crippen MR) is 76.2 cm³/mol. The van der Waals surface area contributed by atoms with Gasteiger partial charge >= 0.3 is 0 Å². The Bertz CT molecular complexity index is 596. The molecule has 112 valence electrons. The molecule has 0 spiro atoms. The maximum absolute atomic E-state index is 12.7. The van der Waals surface area contributed by atoms with E-state index in [-0.39, 0.29) is 11.9 Å². The molecule has 1 saturated carbocycles. The first-order valence-electron chi connectivity index (χ1n) is 7.66. The van der Waals surface area contributed by atoms with Crippen LogP contribution >= 0.6 is 0 Å². The molecule has 1 atom stereocenters. The summed E-state index contributed by atoms with van der Waals surface area (Å²) in [6.07, 6.45) is 4.37. The molecule has 2 heterocycles. The van der Waals surface area contributed by atoms with Gasteiger partial charge in [-0.25, -0.2) is 9.67 Å². The Morgan fingerprint density at radius 2 is 2.14 bits per heavy atom. The third kappa shape index (κ3) is 2.31. The maximum atomic E-state index is 12.7. The van der Waals surface area contributed by atoms with E-state index in [1.807, 2.05) is 23.4 Å². The van der Waals surface area contributed by atoms with Crippen molar-refractivity contribution in [3.8, 4) is 6.07 Å². The zero-order valence-corrected chi connectivity index (χ0v) is 12.7. The molecule has 6 nitrogen and oxygen atoms in total. The van der Waals surface area contributed by atoms with Crippen LogP contribution in [0.1, 0.15) is 49.8 Å². The van der Waals surface area contributed by atoms with E-state index in [2.05, 4.69) is 16.2 Å². The summed E-state index contributed by atoms with van der Waals surface area (Å²) < 4.78 is 1.94. The molecule has 1 unspecified atom stereocenters. The molecule has 1 aliphatic heterocycles. The second-order valence-electron chi connectivity index (χ2n) is 6.25. The summed E-state index contributed by atoms with van der Waals surface area (Å²) in [5.74, 6) is 1.68. The normalized spacial score (nSPS) is 24.2. The van der Waals surface area contributed by atoms with Gasteiger partial charge < -0.3 is 4.90 Å². The standard InChI is InChI=1S/C15H21N5O/c1-11-17-12(2)20(18-11)13-5-3-8-19(9-13)14(21)15(10-16)6-4-7-15/h13H,3-9H2,1-2H3. The summed E-state index contributed by atoms with van der Waals surface area (Å²) >= 11 is 0. The van der Waals surface area contributed by atoms with E-state index in [0.717, 1.165) is 37.5 Å². The number of nitrogens with zero attached hydrogens (tertiary/aromatic N) is 5. The number of hydrogen-bond donors (Lipinski definition) is 0. The lowest BCUT2D eigenvalue weighted by Crippen LogP contribution is -2.50. The van der Waals surface area contributed by atoms with Crippen LogP contribution in [0.4, 0.5) is 0 Å². The van der Waals surface area contributed by atoms with Gasteiger partial charge in [0, 0.05) is 13.1 Å². The van der Waals surface area contributed by atoms with E-state index >= 15 is 0 Å². The SMILES string of the molecule is Cc1nc(C)n(C2CCCN(C(=O)C3(C#N)CCC3)C2)n1. The predicted octanol–water partition coefficient (Wildman–Crippen LogP) is 1.75. The molecule has 1 aromatic heterocycles. The number of aromatic nitrogens is 3. The first kappa shape index (κ1) is 14.1. The average molecular weight is 287 g/mol. The van der Waals surface area contributed by atoms with Gasteiger partial charge in [-0.15, -0.1) is 0 Å². The van der Waals surface area contributed by atoms with Gasteiger partial charge in [0.1, 0.15) is 17.1 Å². The number of carbonyl (C=O) groups excluding carboxylic acids is 1. The first-order chi connectivity index (χ1) is 10.1. The first-order valence-corrected chi connectivity index (χ1v) is 7.66. The fourth-order valence-electron chi connectivity index (χ4n) is 3.43. The van der Waals surface area contributed by atoms with Crippen LogP contribution in [0.15, 0.2) is 0 Å². The van der Waals surface area contributed by atoms with E-state index in [4.69, 9.17) is 0 Å². The quantitative estimate of drug-likeness (QED) is 0.830. The molecule has 2 aliphatic rings. The summed E-state index contributed by atoms with van der Waals surface area (Å²) in [4.78, 5) is 18.9. The molecule has 1 amide bonds. The zero-order chi connectivity index (χ0) is 15.0. The monoisotopic (exact) mass is 287 g/mol. The third-order valence-electron chi connectivity index (χ3n) is 4.77. The van der Waals surface area contributed by atoms with Crippen LogP contribution in [0, 0.1) is 30.6 Å². The number of piperidine rings is 1. The van der Waals surface area contributed by atoms with Gasteiger partial charge in [0.15, 0.2) is 0 Å². The van der Waals surface area contributed by atoms with Crippen LogP contribution in [-0.4, -0.2) is 38.7 Å². The van der Waals surface area contributed by atoms with Crippen LogP contribution in [-0.2, 0) is 4.79 Å². The minimum absolute atomic E-state index is 0.0236. The van der Waals surface area contributed by atoms with E-state index in [9.17, 15) is 10.1 Å². The largest absolute Gasteiger partial charge is 0.339 e. The van der Waals surface area contributed by atoms with E-state index in [0.29, 0.717) is 19.4 Å². The van der Waals surface area contributed by atoms with Gasteiger partial charge in [0.05, 0.1) is 12.1 Å². The third-order valence-corrected chi connectivity index (χ3v) is 4.77. The second kappa shape index (κ2) is 5.14. The molecule has 1 saturated heterocycles. The summed E-state index contributed by atoms with van der Waals surface area (Å²) in [5, 5.41) is 13.8. The Morgan fingerprint density at radius 3 is 2.67 bits per heavy atom. The van der Waals surface area contributed by atoms with Crippen molar-refractivity contribution in [1.82, 2.24) is 19.7 Å². The highest BCUT2D eigenvalue weighted by molar-refractivity contribution is 5.86. The number of carbonyl (C=O) groups is 1. The Balaban J connectivity index is 1.76. The highest BCUT2D eigenvalue weighted by Crippen LogP contribution is 2.42. The summed E-state index contributed by atoms with van der Waals surface area (Å²) in [6, 6.07) is 2.44. The van der Waals surface area contributed by atoms with E-state index in [1.165, 1.54) is 0 Å². The van der Waals surface area contributed by atoms with Crippen molar-refractivity contribution < 1.29 is 4.79 Å². The molecule has 2 fully saturated rings. The van der Waals surface area contributed by atoms with Gasteiger partial charge in [-0.2, -0.15) is 10.4 Å².